The van der Waals surface area contributed by atoms with Crippen LogP contribution in [-0.2, 0) is 6.61 Å². The Hall–Kier alpha value is -1.22. The molecule has 4 heteroatoms. The molecule has 0 aliphatic rings. The van der Waals surface area contributed by atoms with Crippen LogP contribution in [0.3, 0.4) is 0 Å². The first kappa shape index (κ1) is 16.2. The average molecular weight is 324 g/mol. The van der Waals surface area contributed by atoms with Crippen molar-refractivity contribution in [2.24, 2.45) is 0 Å². The van der Waals surface area contributed by atoms with Crippen molar-refractivity contribution in [2.75, 3.05) is 7.05 Å². The summed E-state index contributed by atoms with van der Waals surface area (Å²) in [7, 11) is 1.94. The Kier molecular flexibility index (Phi) is 5.51. The van der Waals surface area contributed by atoms with Gasteiger partial charge in [-0.2, -0.15) is 0 Å². The summed E-state index contributed by atoms with van der Waals surface area (Å²) < 4.78 is 5.95. The minimum Gasteiger partial charge on any atom is -0.489 e. The quantitative estimate of drug-likeness (QED) is 0.820. The number of halogens is 2. The lowest BCUT2D eigenvalue weighted by atomic mass is 10.0. The van der Waals surface area contributed by atoms with Gasteiger partial charge in [0.15, 0.2) is 0 Å². The molecule has 0 radical (unpaired) electrons. The second kappa shape index (κ2) is 7.17. The lowest BCUT2D eigenvalue weighted by Gasteiger charge is -2.17. The van der Waals surface area contributed by atoms with Crippen molar-refractivity contribution >= 4 is 23.2 Å². The summed E-state index contributed by atoms with van der Waals surface area (Å²) in [6.07, 6.45) is 0. The SMILES string of the molecule is CNC(C)c1cc(C)ccc1OCc1ccc(Cl)c(Cl)c1. The van der Waals surface area contributed by atoms with E-state index in [1.807, 2.05) is 25.2 Å². The molecule has 0 saturated heterocycles. The van der Waals surface area contributed by atoms with Crippen molar-refractivity contribution in [2.45, 2.75) is 26.5 Å². The minimum atomic E-state index is 0.230. The van der Waals surface area contributed by atoms with E-state index in [-0.39, 0.29) is 6.04 Å². The lowest BCUT2D eigenvalue weighted by molar-refractivity contribution is 0.300. The number of hydrogen-bond acceptors (Lipinski definition) is 2. The van der Waals surface area contributed by atoms with Gasteiger partial charge in [0.2, 0.25) is 0 Å². The fourth-order valence-electron chi connectivity index (χ4n) is 2.08. The van der Waals surface area contributed by atoms with Crippen molar-refractivity contribution in [3.63, 3.8) is 0 Å². The first-order valence-corrected chi connectivity index (χ1v) is 7.61. The van der Waals surface area contributed by atoms with E-state index in [1.54, 1.807) is 6.07 Å². The van der Waals surface area contributed by atoms with E-state index in [2.05, 4.69) is 31.3 Å². The normalized spacial score (nSPS) is 12.2. The molecule has 1 atom stereocenters. The predicted octanol–water partition coefficient (Wildman–Crippen LogP) is 5.16. The molecule has 0 heterocycles. The van der Waals surface area contributed by atoms with Crippen LogP contribution in [0.15, 0.2) is 36.4 Å². The second-order valence-electron chi connectivity index (χ2n) is 5.09. The highest BCUT2D eigenvalue weighted by atomic mass is 35.5. The molecule has 2 aromatic rings. The number of hydrogen-bond donors (Lipinski definition) is 1. The summed E-state index contributed by atoms with van der Waals surface area (Å²) in [5, 5.41) is 4.35. The largest absolute Gasteiger partial charge is 0.489 e. The van der Waals surface area contributed by atoms with E-state index in [0.29, 0.717) is 16.7 Å². The van der Waals surface area contributed by atoms with Gasteiger partial charge in [0, 0.05) is 11.6 Å². The van der Waals surface area contributed by atoms with Gasteiger partial charge in [0.25, 0.3) is 0 Å². The van der Waals surface area contributed by atoms with Gasteiger partial charge in [0.05, 0.1) is 10.0 Å². The molecule has 2 nitrogen and oxygen atoms in total. The van der Waals surface area contributed by atoms with Gasteiger partial charge in [-0.15, -0.1) is 0 Å². The van der Waals surface area contributed by atoms with Gasteiger partial charge in [-0.05, 0) is 44.7 Å². The minimum absolute atomic E-state index is 0.230. The fourth-order valence-corrected chi connectivity index (χ4v) is 2.40. The molecule has 0 aliphatic carbocycles. The molecule has 2 aromatic carbocycles. The molecular weight excluding hydrogens is 305 g/mol. The van der Waals surface area contributed by atoms with Gasteiger partial charge in [-0.1, -0.05) is 47.0 Å². The molecule has 21 heavy (non-hydrogen) atoms. The first-order valence-electron chi connectivity index (χ1n) is 6.86. The van der Waals surface area contributed by atoms with Crippen molar-refractivity contribution in [3.8, 4) is 5.75 Å². The maximum Gasteiger partial charge on any atom is 0.124 e. The summed E-state index contributed by atoms with van der Waals surface area (Å²) in [4.78, 5) is 0. The third-order valence-corrected chi connectivity index (χ3v) is 4.18. The smallest absolute Gasteiger partial charge is 0.124 e. The summed E-state index contributed by atoms with van der Waals surface area (Å²) in [6.45, 7) is 4.65. The van der Waals surface area contributed by atoms with Crippen LogP contribution in [0.4, 0.5) is 0 Å². The zero-order valence-electron chi connectivity index (χ0n) is 12.4. The highest BCUT2D eigenvalue weighted by Crippen LogP contribution is 2.28. The maximum atomic E-state index is 6.02. The fraction of sp³-hybridized carbons (Fsp3) is 0.294. The third kappa shape index (κ3) is 4.13. The Labute approximate surface area is 136 Å². The molecule has 0 saturated carbocycles. The van der Waals surface area contributed by atoms with E-state index in [1.165, 1.54) is 5.56 Å². The van der Waals surface area contributed by atoms with Crippen LogP contribution >= 0.6 is 23.2 Å². The lowest BCUT2D eigenvalue weighted by Crippen LogP contribution is -2.14. The molecule has 112 valence electrons. The van der Waals surface area contributed by atoms with Gasteiger partial charge in [-0.25, -0.2) is 0 Å². The zero-order chi connectivity index (χ0) is 15.4. The number of nitrogens with one attached hydrogen (secondary N) is 1. The van der Waals surface area contributed by atoms with Gasteiger partial charge in [-0.3, -0.25) is 0 Å². The van der Waals surface area contributed by atoms with E-state index < -0.39 is 0 Å². The van der Waals surface area contributed by atoms with Crippen molar-refractivity contribution in [3.05, 3.63) is 63.1 Å². The van der Waals surface area contributed by atoms with E-state index in [4.69, 9.17) is 27.9 Å². The van der Waals surface area contributed by atoms with Crippen molar-refractivity contribution in [1.29, 1.82) is 0 Å². The summed E-state index contributed by atoms with van der Waals surface area (Å²) >= 11 is 11.9. The monoisotopic (exact) mass is 323 g/mol. The van der Waals surface area contributed by atoms with Crippen LogP contribution < -0.4 is 10.1 Å². The molecule has 0 amide bonds. The molecule has 0 aliphatic heterocycles. The Bertz CT molecular complexity index is 628. The van der Waals surface area contributed by atoms with Crippen LogP contribution in [-0.4, -0.2) is 7.05 Å². The highest BCUT2D eigenvalue weighted by Gasteiger charge is 2.11. The highest BCUT2D eigenvalue weighted by molar-refractivity contribution is 6.42. The van der Waals surface area contributed by atoms with Gasteiger partial charge in [0.1, 0.15) is 12.4 Å². The Morgan fingerprint density at radius 2 is 1.86 bits per heavy atom. The van der Waals surface area contributed by atoms with E-state index >= 15 is 0 Å². The molecular formula is C17H19Cl2NO. The molecule has 0 spiro atoms. The Balaban J connectivity index is 2.17. The number of ether oxygens (including phenoxy) is 1. The first-order chi connectivity index (χ1) is 10.0. The van der Waals surface area contributed by atoms with Crippen LogP contribution in [0.25, 0.3) is 0 Å². The van der Waals surface area contributed by atoms with Crippen molar-refractivity contribution < 1.29 is 4.74 Å². The van der Waals surface area contributed by atoms with Gasteiger partial charge < -0.3 is 10.1 Å². The van der Waals surface area contributed by atoms with Gasteiger partial charge >= 0.3 is 0 Å². The third-order valence-electron chi connectivity index (χ3n) is 3.44. The number of aryl methyl sites for hydroxylation is 1. The standard InChI is InChI=1S/C17H19Cl2NO/c1-11-4-7-17(14(8-11)12(2)20-3)21-10-13-5-6-15(18)16(19)9-13/h4-9,12,20H,10H2,1-3H3. The predicted molar refractivity (Wildman–Crippen MR) is 89.4 cm³/mol. The van der Waals surface area contributed by atoms with Crippen LogP contribution in [0, 0.1) is 6.92 Å². The van der Waals surface area contributed by atoms with Crippen LogP contribution in [0.2, 0.25) is 10.0 Å². The van der Waals surface area contributed by atoms with Crippen LogP contribution in [0.5, 0.6) is 5.75 Å². The van der Waals surface area contributed by atoms with E-state index in [0.717, 1.165) is 16.9 Å². The topological polar surface area (TPSA) is 21.3 Å². The maximum absolute atomic E-state index is 6.02. The summed E-state index contributed by atoms with van der Waals surface area (Å²) in [5.74, 6) is 0.883. The Morgan fingerprint density at radius 3 is 2.52 bits per heavy atom. The molecule has 1 unspecified atom stereocenters. The molecule has 0 aromatic heterocycles. The molecule has 0 bridgehead atoms. The van der Waals surface area contributed by atoms with E-state index in [9.17, 15) is 0 Å². The van der Waals surface area contributed by atoms with Crippen molar-refractivity contribution in [1.82, 2.24) is 5.32 Å². The van der Waals surface area contributed by atoms with Crippen LogP contribution in [0.1, 0.15) is 29.7 Å². The molecule has 1 N–H and O–H groups in total. The Morgan fingerprint density at radius 1 is 1.10 bits per heavy atom. The molecule has 2 rings (SSSR count). The summed E-state index contributed by atoms with van der Waals surface area (Å²) in [5.41, 5.74) is 3.36. The average Bonchev–Trinajstić information content (AvgIpc) is 2.48. The second-order valence-corrected chi connectivity index (χ2v) is 5.90. The number of benzene rings is 2. The zero-order valence-corrected chi connectivity index (χ0v) is 13.9. The summed E-state index contributed by atoms with van der Waals surface area (Å²) in [6, 6.07) is 12.0. The molecule has 0 fully saturated rings. The number of rotatable bonds is 5.